The first-order valence-corrected chi connectivity index (χ1v) is 11.1. The lowest BCUT2D eigenvalue weighted by atomic mass is 10.1. The average molecular weight is 397 g/mol. The summed E-state index contributed by atoms with van der Waals surface area (Å²) < 4.78 is 9.72. The van der Waals surface area contributed by atoms with E-state index in [1.54, 1.807) is 0 Å². The molecule has 4 heteroatoms. The SMILES string of the molecule is C=CC(=O)OCCCCCC(C)C.C=CC(=O)OCCCCCCCCCC. The molecule has 0 saturated heterocycles. The molecule has 164 valence electrons. The molecule has 0 aliphatic rings. The zero-order valence-corrected chi connectivity index (χ0v) is 18.7. The molecule has 0 saturated carbocycles. The number of carbonyl (C=O) groups is 2. The first-order valence-electron chi connectivity index (χ1n) is 11.1. The lowest BCUT2D eigenvalue weighted by Crippen LogP contribution is -2.01. The third kappa shape index (κ3) is 26.6. The lowest BCUT2D eigenvalue weighted by molar-refractivity contribution is -0.138. The van der Waals surface area contributed by atoms with Gasteiger partial charge in [0.1, 0.15) is 0 Å². The summed E-state index contributed by atoms with van der Waals surface area (Å²) in [6, 6.07) is 0. The van der Waals surface area contributed by atoms with Gasteiger partial charge in [0, 0.05) is 12.2 Å². The van der Waals surface area contributed by atoms with Gasteiger partial charge < -0.3 is 9.47 Å². The first-order chi connectivity index (χ1) is 13.5. The maximum absolute atomic E-state index is 10.7. The molecule has 28 heavy (non-hydrogen) atoms. The van der Waals surface area contributed by atoms with Gasteiger partial charge in [-0.05, 0) is 18.8 Å². The van der Waals surface area contributed by atoms with Gasteiger partial charge in [-0.2, -0.15) is 0 Å². The van der Waals surface area contributed by atoms with E-state index in [4.69, 9.17) is 9.47 Å². The molecule has 0 aromatic heterocycles. The number of rotatable bonds is 17. The van der Waals surface area contributed by atoms with E-state index in [0.29, 0.717) is 13.2 Å². The van der Waals surface area contributed by atoms with Crippen LogP contribution in [-0.2, 0) is 19.1 Å². The summed E-state index contributed by atoms with van der Waals surface area (Å²) in [7, 11) is 0. The second-order valence-corrected chi connectivity index (χ2v) is 7.46. The Morgan fingerprint density at radius 3 is 1.50 bits per heavy atom. The minimum absolute atomic E-state index is 0.307. The summed E-state index contributed by atoms with van der Waals surface area (Å²) in [6.45, 7) is 14.4. The van der Waals surface area contributed by atoms with E-state index >= 15 is 0 Å². The fourth-order valence-corrected chi connectivity index (χ4v) is 2.53. The highest BCUT2D eigenvalue weighted by Crippen LogP contribution is 2.09. The van der Waals surface area contributed by atoms with E-state index in [9.17, 15) is 9.59 Å². The third-order valence-corrected chi connectivity index (χ3v) is 4.25. The van der Waals surface area contributed by atoms with E-state index in [2.05, 4.69) is 33.9 Å². The highest BCUT2D eigenvalue weighted by molar-refractivity contribution is 5.81. The minimum atomic E-state index is -0.316. The number of unbranched alkanes of at least 4 members (excludes halogenated alkanes) is 9. The molecule has 0 amide bonds. The quantitative estimate of drug-likeness (QED) is 0.154. The van der Waals surface area contributed by atoms with Crippen molar-refractivity contribution in [2.24, 2.45) is 5.92 Å². The van der Waals surface area contributed by atoms with E-state index in [1.165, 1.54) is 63.5 Å². The van der Waals surface area contributed by atoms with Crippen LogP contribution in [0.15, 0.2) is 25.3 Å². The molecule has 0 aliphatic carbocycles. The van der Waals surface area contributed by atoms with Crippen molar-refractivity contribution >= 4 is 11.9 Å². The van der Waals surface area contributed by atoms with Crippen LogP contribution in [0.2, 0.25) is 0 Å². The Morgan fingerprint density at radius 1 is 0.714 bits per heavy atom. The Bertz CT molecular complexity index is 388. The molecule has 0 N–H and O–H groups in total. The highest BCUT2D eigenvalue weighted by Gasteiger charge is 1.97. The molecule has 0 fully saturated rings. The van der Waals surface area contributed by atoms with E-state index in [1.807, 2.05) is 0 Å². The van der Waals surface area contributed by atoms with Crippen LogP contribution in [-0.4, -0.2) is 25.2 Å². The van der Waals surface area contributed by atoms with Crippen LogP contribution in [0.25, 0.3) is 0 Å². The van der Waals surface area contributed by atoms with Crippen LogP contribution in [0, 0.1) is 5.92 Å². The second-order valence-electron chi connectivity index (χ2n) is 7.46. The predicted octanol–water partition coefficient (Wildman–Crippen LogP) is 6.79. The van der Waals surface area contributed by atoms with Gasteiger partial charge in [0.05, 0.1) is 13.2 Å². The monoisotopic (exact) mass is 396 g/mol. The molecule has 0 aliphatic heterocycles. The van der Waals surface area contributed by atoms with Gasteiger partial charge in [0.2, 0.25) is 0 Å². The molecule has 0 spiro atoms. The smallest absolute Gasteiger partial charge is 0.330 e. The Hall–Kier alpha value is -1.58. The molecular weight excluding hydrogens is 352 g/mol. The number of ether oxygens (including phenoxy) is 2. The molecule has 0 unspecified atom stereocenters. The van der Waals surface area contributed by atoms with Crippen molar-refractivity contribution in [1.29, 1.82) is 0 Å². The maximum atomic E-state index is 10.7. The number of esters is 2. The molecule has 0 bridgehead atoms. The van der Waals surface area contributed by atoms with Crippen LogP contribution in [0.1, 0.15) is 97.8 Å². The first kappa shape index (κ1) is 28.6. The Balaban J connectivity index is 0. The Labute approximate surface area is 173 Å². The van der Waals surface area contributed by atoms with Crippen molar-refractivity contribution in [3.8, 4) is 0 Å². The number of hydrogen-bond donors (Lipinski definition) is 0. The summed E-state index contributed by atoms with van der Waals surface area (Å²) in [5.41, 5.74) is 0. The topological polar surface area (TPSA) is 52.6 Å². The van der Waals surface area contributed by atoms with Gasteiger partial charge in [0.15, 0.2) is 0 Å². The largest absolute Gasteiger partial charge is 0.463 e. The predicted molar refractivity (Wildman–Crippen MR) is 118 cm³/mol. The van der Waals surface area contributed by atoms with Crippen LogP contribution in [0.5, 0.6) is 0 Å². The van der Waals surface area contributed by atoms with E-state index in [-0.39, 0.29) is 11.9 Å². The molecule has 0 radical (unpaired) electrons. The Kier molecular flexibility index (Phi) is 24.0. The van der Waals surface area contributed by atoms with Gasteiger partial charge in [0.25, 0.3) is 0 Å². The van der Waals surface area contributed by atoms with Crippen molar-refractivity contribution in [1.82, 2.24) is 0 Å². The number of hydrogen-bond acceptors (Lipinski definition) is 4. The van der Waals surface area contributed by atoms with Crippen LogP contribution in [0.3, 0.4) is 0 Å². The van der Waals surface area contributed by atoms with Gasteiger partial charge in [-0.15, -0.1) is 0 Å². The molecule has 0 aromatic rings. The van der Waals surface area contributed by atoms with Gasteiger partial charge in [-0.1, -0.05) is 98.1 Å². The normalized spacial score (nSPS) is 10.0. The zero-order valence-electron chi connectivity index (χ0n) is 18.7. The van der Waals surface area contributed by atoms with Crippen molar-refractivity contribution in [3.63, 3.8) is 0 Å². The summed E-state index contributed by atoms with van der Waals surface area (Å²) in [5.74, 6) is 0.150. The van der Waals surface area contributed by atoms with Gasteiger partial charge in [-0.25, -0.2) is 9.59 Å². The van der Waals surface area contributed by atoms with Crippen molar-refractivity contribution in [3.05, 3.63) is 25.3 Å². The Morgan fingerprint density at radius 2 is 1.11 bits per heavy atom. The minimum Gasteiger partial charge on any atom is -0.463 e. The molecule has 0 heterocycles. The molecule has 0 atom stereocenters. The molecule has 0 rings (SSSR count). The highest BCUT2D eigenvalue weighted by atomic mass is 16.5. The fourth-order valence-electron chi connectivity index (χ4n) is 2.53. The zero-order chi connectivity index (χ0) is 21.5. The second kappa shape index (κ2) is 23.5. The third-order valence-electron chi connectivity index (χ3n) is 4.25. The van der Waals surface area contributed by atoms with Gasteiger partial charge in [-0.3, -0.25) is 0 Å². The van der Waals surface area contributed by atoms with E-state index < -0.39 is 0 Å². The fraction of sp³-hybridized carbons (Fsp3) is 0.750. The maximum Gasteiger partial charge on any atom is 0.330 e. The summed E-state index contributed by atoms with van der Waals surface area (Å²) in [5, 5.41) is 0. The van der Waals surface area contributed by atoms with E-state index in [0.717, 1.165) is 31.6 Å². The lowest BCUT2D eigenvalue weighted by Gasteiger charge is -2.04. The summed E-state index contributed by atoms with van der Waals surface area (Å²) in [6.07, 6.45) is 17.1. The summed E-state index contributed by atoms with van der Waals surface area (Å²) in [4.78, 5) is 21.3. The van der Waals surface area contributed by atoms with Crippen LogP contribution >= 0.6 is 0 Å². The molecule has 0 aromatic carbocycles. The summed E-state index contributed by atoms with van der Waals surface area (Å²) >= 11 is 0. The van der Waals surface area contributed by atoms with Crippen LogP contribution in [0.4, 0.5) is 0 Å². The van der Waals surface area contributed by atoms with Crippen molar-refractivity contribution in [2.45, 2.75) is 97.8 Å². The number of carbonyl (C=O) groups excluding carboxylic acids is 2. The van der Waals surface area contributed by atoms with Crippen molar-refractivity contribution in [2.75, 3.05) is 13.2 Å². The molecular formula is C24H44O4. The van der Waals surface area contributed by atoms with Crippen molar-refractivity contribution < 1.29 is 19.1 Å². The molecule has 4 nitrogen and oxygen atoms in total. The average Bonchev–Trinajstić information content (AvgIpc) is 2.69. The van der Waals surface area contributed by atoms with Gasteiger partial charge >= 0.3 is 11.9 Å². The standard InChI is InChI=1S/C13H24O2.C11H20O2/c1-3-5-6-7-8-9-10-11-12-15-13(14)4-2;1-4-11(12)13-9-7-5-6-8-10(2)3/h4H,2-3,5-12H2,1H3;4,10H,1,5-9H2,2-3H3. The van der Waals surface area contributed by atoms with Crippen LogP contribution < -0.4 is 0 Å².